The van der Waals surface area contributed by atoms with Gasteiger partial charge in [-0.2, -0.15) is 0 Å². The molecule has 0 spiro atoms. The summed E-state index contributed by atoms with van der Waals surface area (Å²) in [5, 5.41) is 16.0. The van der Waals surface area contributed by atoms with Crippen LogP contribution < -0.4 is 12.3 Å². The van der Waals surface area contributed by atoms with E-state index in [4.69, 9.17) is 14.9 Å². The van der Waals surface area contributed by atoms with Crippen LogP contribution in [0.3, 0.4) is 0 Å². The minimum absolute atomic E-state index is 0. The first kappa shape index (κ1) is 22.6. The Hall–Kier alpha value is -0.200. The van der Waals surface area contributed by atoms with Crippen LogP contribution in [0.1, 0.15) is 20.8 Å². The molecule has 0 bridgehead atoms. The van der Waals surface area contributed by atoms with Crippen LogP contribution in [0.15, 0.2) is 0 Å². The van der Waals surface area contributed by atoms with Crippen LogP contribution in [0.25, 0.3) is 0 Å². The Bertz CT molecular complexity index is 51.9. The van der Waals surface area contributed by atoms with Crippen molar-refractivity contribution in [2.75, 3.05) is 19.8 Å². The van der Waals surface area contributed by atoms with Crippen LogP contribution in [0, 0.1) is 0 Å². The van der Waals surface area contributed by atoms with Crippen LogP contribution in [0.2, 0.25) is 0 Å². The summed E-state index contributed by atoms with van der Waals surface area (Å²) in [5.74, 6) is 0. The molecule has 0 aliphatic rings. The van der Waals surface area contributed by atoms with Crippen molar-refractivity contribution in [3.8, 4) is 0 Å². The quantitative estimate of drug-likeness (QED) is 0.515. The standard InChI is InChI=1S/C4H10O.C3H8O2.2H3N/c1-3-5-4-2;1-3(5)2-4;;/h3-4H2,1-2H3;3-5H,2H2,1H3;2*1H3. The normalized spacial score (nSPS) is 9.75. The van der Waals surface area contributed by atoms with Crippen LogP contribution in [-0.4, -0.2) is 36.1 Å². The first-order valence-electron chi connectivity index (χ1n) is 3.55. The zero-order valence-corrected chi connectivity index (χ0v) is 8.42. The number of aliphatic hydroxyl groups is 2. The molecule has 12 heavy (non-hydrogen) atoms. The van der Waals surface area contributed by atoms with E-state index in [2.05, 4.69) is 0 Å². The van der Waals surface area contributed by atoms with Crippen molar-refractivity contribution in [1.29, 1.82) is 0 Å². The predicted molar refractivity (Wildman–Crippen MR) is 51.0 cm³/mol. The third-order valence-corrected chi connectivity index (χ3v) is 0.672. The van der Waals surface area contributed by atoms with Crippen LogP contribution in [-0.2, 0) is 4.74 Å². The summed E-state index contributed by atoms with van der Waals surface area (Å²) in [6.07, 6.45) is -0.560. The van der Waals surface area contributed by atoms with E-state index in [-0.39, 0.29) is 18.9 Å². The lowest BCUT2D eigenvalue weighted by Crippen LogP contribution is -2.03. The highest BCUT2D eigenvalue weighted by molar-refractivity contribution is 4.34. The Morgan fingerprint density at radius 1 is 1.17 bits per heavy atom. The molecule has 0 heterocycles. The zero-order valence-electron chi connectivity index (χ0n) is 8.42. The van der Waals surface area contributed by atoms with Gasteiger partial charge in [0.2, 0.25) is 0 Å². The van der Waals surface area contributed by atoms with E-state index in [0.717, 1.165) is 13.2 Å². The maximum atomic E-state index is 8.11. The summed E-state index contributed by atoms with van der Waals surface area (Å²) >= 11 is 0. The van der Waals surface area contributed by atoms with E-state index in [9.17, 15) is 0 Å². The summed E-state index contributed by atoms with van der Waals surface area (Å²) < 4.78 is 4.83. The average molecular weight is 184 g/mol. The molecule has 80 valence electrons. The maximum Gasteiger partial charge on any atom is 0.0742 e. The molecule has 0 amide bonds. The van der Waals surface area contributed by atoms with Crippen molar-refractivity contribution in [1.82, 2.24) is 12.3 Å². The second-order valence-corrected chi connectivity index (χ2v) is 1.81. The summed E-state index contributed by atoms with van der Waals surface area (Å²) in [7, 11) is 0. The summed E-state index contributed by atoms with van der Waals surface area (Å²) in [5.41, 5.74) is 0. The van der Waals surface area contributed by atoms with Gasteiger partial charge in [-0.15, -0.1) is 0 Å². The second kappa shape index (κ2) is 22.4. The van der Waals surface area contributed by atoms with Gasteiger partial charge >= 0.3 is 0 Å². The van der Waals surface area contributed by atoms with Gasteiger partial charge in [-0.1, -0.05) is 0 Å². The molecule has 0 radical (unpaired) electrons. The van der Waals surface area contributed by atoms with Crippen LogP contribution >= 0.6 is 0 Å². The minimum Gasteiger partial charge on any atom is -0.394 e. The SMILES string of the molecule is CC(O)CO.CCOCC.N.N. The Morgan fingerprint density at radius 2 is 1.42 bits per heavy atom. The molecule has 5 nitrogen and oxygen atoms in total. The molecule has 1 atom stereocenters. The molecule has 0 fully saturated rings. The summed E-state index contributed by atoms with van der Waals surface area (Å²) in [6, 6.07) is 0. The second-order valence-electron chi connectivity index (χ2n) is 1.81. The summed E-state index contributed by atoms with van der Waals surface area (Å²) in [4.78, 5) is 0. The summed E-state index contributed by atoms with van der Waals surface area (Å²) in [6.45, 7) is 7.06. The molecule has 0 aromatic rings. The highest BCUT2D eigenvalue weighted by atomic mass is 16.5. The first-order chi connectivity index (χ1) is 4.68. The lowest BCUT2D eigenvalue weighted by molar-refractivity contribution is 0.110. The van der Waals surface area contributed by atoms with Gasteiger partial charge in [-0.05, 0) is 20.8 Å². The Balaban J connectivity index is -0.0000000457. The molecule has 5 heteroatoms. The van der Waals surface area contributed by atoms with E-state index >= 15 is 0 Å². The molecule has 0 aromatic carbocycles. The molecule has 0 rings (SSSR count). The van der Waals surface area contributed by atoms with Crippen molar-refractivity contribution < 1.29 is 14.9 Å². The number of rotatable bonds is 3. The van der Waals surface area contributed by atoms with Gasteiger partial charge in [0.15, 0.2) is 0 Å². The highest BCUT2D eigenvalue weighted by Crippen LogP contribution is 1.68. The van der Waals surface area contributed by atoms with Gasteiger partial charge < -0.3 is 27.3 Å². The molecule has 0 saturated heterocycles. The highest BCUT2D eigenvalue weighted by Gasteiger charge is 1.83. The fourth-order valence-electron chi connectivity index (χ4n) is 0.204. The van der Waals surface area contributed by atoms with Gasteiger partial charge in [0.1, 0.15) is 0 Å². The monoisotopic (exact) mass is 184 g/mol. The molecule has 0 aliphatic heterocycles. The fraction of sp³-hybridized carbons (Fsp3) is 1.00. The number of ether oxygens (including phenoxy) is 1. The molecule has 1 unspecified atom stereocenters. The van der Waals surface area contributed by atoms with E-state index in [1.165, 1.54) is 6.92 Å². The van der Waals surface area contributed by atoms with Crippen molar-refractivity contribution in [3.63, 3.8) is 0 Å². The number of hydrogen-bond donors (Lipinski definition) is 4. The zero-order chi connectivity index (χ0) is 8.41. The number of aliphatic hydroxyl groups excluding tert-OH is 2. The van der Waals surface area contributed by atoms with Gasteiger partial charge in [0.05, 0.1) is 12.7 Å². The average Bonchev–Trinajstić information content (AvgIpc) is 1.91. The van der Waals surface area contributed by atoms with Crippen molar-refractivity contribution >= 4 is 0 Å². The third-order valence-electron chi connectivity index (χ3n) is 0.672. The van der Waals surface area contributed by atoms with E-state index in [1.54, 1.807) is 0 Å². The molecule has 0 saturated carbocycles. The topological polar surface area (TPSA) is 120 Å². The van der Waals surface area contributed by atoms with E-state index < -0.39 is 6.10 Å². The van der Waals surface area contributed by atoms with Gasteiger partial charge in [-0.3, -0.25) is 0 Å². The van der Waals surface area contributed by atoms with E-state index in [0.29, 0.717) is 0 Å². The largest absolute Gasteiger partial charge is 0.394 e. The lowest BCUT2D eigenvalue weighted by Gasteiger charge is -1.90. The minimum atomic E-state index is -0.560. The number of hydrogen-bond acceptors (Lipinski definition) is 5. The van der Waals surface area contributed by atoms with Gasteiger partial charge in [0.25, 0.3) is 0 Å². The molecule has 0 aromatic heterocycles. The Morgan fingerprint density at radius 3 is 1.42 bits per heavy atom. The van der Waals surface area contributed by atoms with E-state index in [1.807, 2.05) is 13.8 Å². The van der Waals surface area contributed by atoms with Crippen molar-refractivity contribution in [2.45, 2.75) is 26.9 Å². The third kappa shape index (κ3) is 52.6. The maximum absolute atomic E-state index is 8.11. The van der Waals surface area contributed by atoms with Gasteiger partial charge in [-0.25, -0.2) is 0 Å². The molecular formula is C7H24N2O3. The lowest BCUT2D eigenvalue weighted by atomic mass is 10.5. The first-order valence-corrected chi connectivity index (χ1v) is 3.55. The molecular weight excluding hydrogens is 160 g/mol. The van der Waals surface area contributed by atoms with Gasteiger partial charge in [0, 0.05) is 13.2 Å². The molecule has 0 aliphatic carbocycles. The fourth-order valence-corrected chi connectivity index (χ4v) is 0.204. The smallest absolute Gasteiger partial charge is 0.0742 e. The van der Waals surface area contributed by atoms with Crippen molar-refractivity contribution in [3.05, 3.63) is 0 Å². The predicted octanol–water partition coefficient (Wildman–Crippen LogP) is 0.726. The Kier molecular flexibility index (Phi) is 42.3. The van der Waals surface area contributed by atoms with Crippen molar-refractivity contribution in [2.24, 2.45) is 0 Å². The Labute approximate surface area is 74.9 Å². The van der Waals surface area contributed by atoms with Crippen LogP contribution in [0.4, 0.5) is 0 Å². The van der Waals surface area contributed by atoms with Crippen LogP contribution in [0.5, 0.6) is 0 Å². The molecule has 8 N–H and O–H groups in total.